The molecular weight excluding hydrogens is 214 g/mol. The second-order valence-electron chi connectivity index (χ2n) is 2.88. The Balaban J connectivity index is 3.23. The normalized spacial score (nSPS) is 13.7. The molecule has 0 unspecified atom stereocenters. The summed E-state index contributed by atoms with van der Waals surface area (Å²) in [5, 5.41) is 0. The molecule has 1 atom stereocenters. The minimum atomic E-state index is -4.70. The molecule has 0 aromatic heterocycles. The molecule has 0 radical (unpaired) electrons. The van der Waals surface area contributed by atoms with Gasteiger partial charge < -0.3 is 10.5 Å². The van der Waals surface area contributed by atoms with Crippen LogP contribution < -0.4 is 10.5 Å². The first-order chi connectivity index (χ1) is 6.88. The number of halogens is 4. The molecule has 15 heavy (non-hydrogen) atoms. The summed E-state index contributed by atoms with van der Waals surface area (Å²) in [6, 6.07) is 1.00. The number of rotatable bonds is 2. The predicted octanol–water partition coefficient (Wildman–Crippen LogP) is 2.40. The zero-order valence-electron chi connectivity index (χ0n) is 7.81. The van der Waals surface area contributed by atoms with Crippen LogP contribution in [0.3, 0.4) is 0 Å². The van der Waals surface area contributed by atoms with Crippen molar-refractivity contribution in [1.82, 2.24) is 0 Å². The standard InChI is InChI=1S/C9H9F4NO/c1-15-6-4-2-3-5(10)7(6)8(14)9(11,12)13/h2-4,8H,14H2,1H3/t8-/m1/s1. The molecule has 6 heteroatoms. The van der Waals surface area contributed by atoms with Crippen LogP contribution in [0.4, 0.5) is 17.6 Å². The van der Waals surface area contributed by atoms with Crippen LogP contribution in [0.2, 0.25) is 0 Å². The van der Waals surface area contributed by atoms with E-state index >= 15 is 0 Å². The molecule has 0 saturated heterocycles. The minimum Gasteiger partial charge on any atom is -0.496 e. The Labute approximate surface area is 83.6 Å². The summed E-state index contributed by atoms with van der Waals surface area (Å²) in [5.41, 5.74) is 4.23. The van der Waals surface area contributed by atoms with Crippen molar-refractivity contribution in [2.45, 2.75) is 12.2 Å². The van der Waals surface area contributed by atoms with Crippen molar-refractivity contribution in [2.24, 2.45) is 5.73 Å². The molecule has 0 aliphatic carbocycles. The van der Waals surface area contributed by atoms with Gasteiger partial charge in [-0.2, -0.15) is 13.2 Å². The average Bonchev–Trinajstić information content (AvgIpc) is 2.15. The van der Waals surface area contributed by atoms with Gasteiger partial charge in [-0.25, -0.2) is 4.39 Å². The number of methoxy groups -OCH3 is 1. The zero-order valence-corrected chi connectivity index (χ0v) is 7.81. The SMILES string of the molecule is COc1cccc(F)c1[C@@H](N)C(F)(F)F. The van der Waals surface area contributed by atoms with Crippen LogP contribution in [0.15, 0.2) is 18.2 Å². The molecule has 1 aromatic rings. The molecule has 2 nitrogen and oxygen atoms in total. The lowest BCUT2D eigenvalue weighted by Gasteiger charge is -2.18. The van der Waals surface area contributed by atoms with E-state index < -0.39 is 23.6 Å². The van der Waals surface area contributed by atoms with E-state index in [9.17, 15) is 17.6 Å². The van der Waals surface area contributed by atoms with Gasteiger partial charge in [0.25, 0.3) is 0 Å². The van der Waals surface area contributed by atoms with Crippen LogP contribution >= 0.6 is 0 Å². The molecule has 0 spiro atoms. The summed E-state index contributed by atoms with van der Waals surface area (Å²) in [6.07, 6.45) is -4.70. The Kier molecular flexibility index (Phi) is 3.18. The fourth-order valence-corrected chi connectivity index (χ4v) is 1.16. The van der Waals surface area contributed by atoms with Crippen LogP contribution in [0, 0.1) is 5.82 Å². The van der Waals surface area contributed by atoms with E-state index in [-0.39, 0.29) is 5.75 Å². The smallest absolute Gasteiger partial charge is 0.407 e. The maximum Gasteiger partial charge on any atom is 0.407 e. The molecule has 1 rings (SSSR count). The van der Waals surface area contributed by atoms with Crippen molar-refractivity contribution >= 4 is 0 Å². The van der Waals surface area contributed by atoms with Crippen molar-refractivity contribution in [3.63, 3.8) is 0 Å². The van der Waals surface area contributed by atoms with Crippen molar-refractivity contribution in [3.05, 3.63) is 29.6 Å². The fourth-order valence-electron chi connectivity index (χ4n) is 1.16. The highest BCUT2D eigenvalue weighted by molar-refractivity contribution is 5.37. The second-order valence-corrected chi connectivity index (χ2v) is 2.88. The number of ether oxygens (including phenoxy) is 1. The molecule has 0 fully saturated rings. The lowest BCUT2D eigenvalue weighted by Crippen LogP contribution is -2.29. The second kappa shape index (κ2) is 4.06. The first kappa shape index (κ1) is 11.8. The van der Waals surface area contributed by atoms with Gasteiger partial charge in [-0.3, -0.25) is 0 Å². The minimum absolute atomic E-state index is 0.208. The van der Waals surface area contributed by atoms with Gasteiger partial charge in [0.1, 0.15) is 17.6 Å². The van der Waals surface area contributed by atoms with E-state index in [1.165, 1.54) is 12.1 Å². The van der Waals surface area contributed by atoms with Crippen LogP contribution in [0.1, 0.15) is 11.6 Å². The van der Waals surface area contributed by atoms with Crippen molar-refractivity contribution < 1.29 is 22.3 Å². The monoisotopic (exact) mass is 223 g/mol. The van der Waals surface area contributed by atoms with E-state index in [1.54, 1.807) is 0 Å². The molecule has 0 heterocycles. The maximum atomic E-state index is 13.2. The highest BCUT2D eigenvalue weighted by Gasteiger charge is 2.40. The zero-order chi connectivity index (χ0) is 11.6. The van der Waals surface area contributed by atoms with Gasteiger partial charge in [-0.1, -0.05) is 6.07 Å². The van der Waals surface area contributed by atoms with Crippen molar-refractivity contribution in [3.8, 4) is 5.75 Å². The average molecular weight is 223 g/mol. The van der Waals surface area contributed by atoms with Gasteiger partial charge in [-0.15, -0.1) is 0 Å². The summed E-state index contributed by atoms with van der Waals surface area (Å²) >= 11 is 0. The fraction of sp³-hybridized carbons (Fsp3) is 0.333. The molecule has 0 saturated carbocycles. The highest BCUT2D eigenvalue weighted by atomic mass is 19.4. The van der Waals surface area contributed by atoms with Gasteiger partial charge in [0.05, 0.1) is 12.7 Å². The first-order valence-electron chi connectivity index (χ1n) is 4.02. The molecule has 2 N–H and O–H groups in total. The number of alkyl halides is 3. The first-order valence-corrected chi connectivity index (χ1v) is 4.02. The summed E-state index contributed by atoms with van der Waals surface area (Å²) in [4.78, 5) is 0. The third kappa shape index (κ3) is 2.38. The predicted molar refractivity (Wildman–Crippen MR) is 45.9 cm³/mol. The largest absolute Gasteiger partial charge is 0.496 e. The Hall–Kier alpha value is -1.30. The van der Waals surface area contributed by atoms with Gasteiger partial charge >= 0.3 is 6.18 Å². The van der Waals surface area contributed by atoms with Crippen LogP contribution in [0.5, 0.6) is 5.75 Å². The Morgan fingerprint density at radius 2 is 1.93 bits per heavy atom. The van der Waals surface area contributed by atoms with E-state index in [0.717, 1.165) is 13.2 Å². The van der Waals surface area contributed by atoms with Gasteiger partial charge in [-0.05, 0) is 12.1 Å². The maximum absolute atomic E-state index is 13.2. The van der Waals surface area contributed by atoms with E-state index in [1.807, 2.05) is 0 Å². The molecule has 0 aliphatic rings. The quantitative estimate of drug-likeness (QED) is 0.781. The molecule has 0 bridgehead atoms. The Morgan fingerprint density at radius 1 is 1.33 bits per heavy atom. The molecule has 0 aliphatic heterocycles. The summed E-state index contributed by atoms with van der Waals surface area (Å²) in [6.45, 7) is 0. The number of benzene rings is 1. The van der Waals surface area contributed by atoms with E-state index in [2.05, 4.69) is 4.74 Å². The Morgan fingerprint density at radius 3 is 2.40 bits per heavy atom. The van der Waals surface area contributed by atoms with Gasteiger partial charge in [0, 0.05) is 0 Å². The third-order valence-corrected chi connectivity index (χ3v) is 1.90. The van der Waals surface area contributed by atoms with Crippen molar-refractivity contribution in [2.75, 3.05) is 7.11 Å². The highest BCUT2D eigenvalue weighted by Crippen LogP contribution is 2.36. The molecule has 1 aromatic carbocycles. The van der Waals surface area contributed by atoms with Crippen molar-refractivity contribution in [1.29, 1.82) is 0 Å². The topological polar surface area (TPSA) is 35.2 Å². The number of nitrogens with two attached hydrogens (primary N) is 1. The van der Waals surface area contributed by atoms with Crippen LogP contribution in [-0.4, -0.2) is 13.3 Å². The van der Waals surface area contributed by atoms with Gasteiger partial charge in [0.15, 0.2) is 0 Å². The third-order valence-electron chi connectivity index (χ3n) is 1.90. The number of hydrogen-bond donors (Lipinski definition) is 1. The van der Waals surface area contributed by atoms with E-state index in [0.29, 0.717) is 0 Å². The van der Waals surface area contributed by atoms with Crippen LogP contribution in [0.25, 0.3) is 0 Å². The molecule has 84 valence electrons. The number of hydrogen-bond acceptors (Lipinski definition) is 2. The summed E-state index contributed by atoms with van der Waals surface area (Å²) < 4.78 is 54.6. The summed E-state index contributed by atoms with van der Waals surface area (Å²) in [7, 11) is 1.15. The molecule has 0 amide bonds. The van der Waals surface area contributed by atoms with Crippen LogP contribution in [-0.2, 0) is 0 Å². The Bertz CT molecular complexity index is 350. The van der Waals surface area contributed by atoms with E-state index in [4.69, 9.17) is 5.73 Å². The lowest BCUT2D eigenvalue weighted by molar-refractivity contribution is -0.150. The van der Waals surface area contributed by atoms with Gasteiger partial charge in [0.2, 0.25) is 0 Å². The summed E-state index contributed by atoms with van der Waals surface area (Å²) in [5.74, 6) is -1.24. The molecular formula is C9H9F4NO. The lowest BCUT2D eigenvalue weighted by atomic mass is 10.1.